The second-order valence-corrected chi connectivity index (χ2v) is 16.8. The third-order valence-electron chi connectivity index (χ3n) is 12.6. The first-order valence-electron chi connectivity index (χ1n) is 22.3. The molecule has 0 saturated carbocycles. The Labute approximate surface area is 382 Å². The van der Waals surface area contributed by atoms with Crippen LogP contribution in [0.3, 0.4) is 0 Å². The van der Waals surface area contributed by atoms with Crippen molar-refractivity contribution < 1.29 is 0 Å². The van der Waals surface area contributed by atoms with Gasteiger partial charge in [-0.3, -0.25) is 9.13 Å². The number of imidazole rings is 2. The van der Waals surface area contributed by atoms with Crippen LogP contribution in [-0.2, 0) is 0 Å². The lowest BCUT2D eigenvalue weighted by Gasteiger charge is -2.14. The highest BCUT2D eigenvalue weighted by atomic mass is 15.1. The third-order valence-corrected chi connectivity index (χ3v) is 12.6. The summed E-state index contributed by atoms with van der Waals surface area (Å²) in [5.41, 5.74) is 20.7. The fraction of sp³-hybridized carbons (Fsp3) is 0.0333. The van der Waals surface area contributed by atoms with E-state index in [1.165, 1.54) is 0 Å². The molecule has 0 fully saturated rings. The fourth-order valence-corrected chi connectivity index (χ4v) is 9.18. The number of fused-ring (bicyclic) bond motifs is 3. The summed E-state index contributed by atoms with van der Waals surface area (Å²) in [6, 6.07) is 76.6. The predicted molar refractivity (Wildman–Crippen MR) is 271 cm³/mol. The van der Waals surface area contributed by atoms with Gasteiger partial charge in [0.1, 0.15) is 11.6 Å². The first-order chi connectivity index (χ1) is 32.5. The molecular weight excluding hydrogens is 805 g/mol. The van der Waals surface area contributed by atoms with Gasteiger partial charge in [0.2, 0.25) is 0 Å². The van der Waals surface area contributed by atoms with Gasteiger partial charge in [0.05, 0.1) is 44.5 Å². The molecule has 6 nitrogen and oxygen atoms in total. The molecule has 0 aliphatic carbocycles. The Hall–Kier alpha value is -8.74. The molecule has 12 aromatic rings. The molecule has 12 rings (SSSR count). The molecule has 0 bridgehead atoms. The molecule has 0 unspecified atom stereocenters. The van der Waals surface area contributed by atoms with Crippen molar-refractivity contribution in [1.82, 2.24) is 29.1 Å². The minimum atomic E-state index is 0.858. The van der Waals surface area contributed by atoms with Crippen molar-refractivity contribution in [3.05, 3.63) is 230 Å². The second-order valence-electron chi connectivity index (χ2n) is 16.8. The molecule has 6 heteroatoms. The van der Waals surface area contributed by atoms with Gasteiger partial charge in [0.25, 0.3) is 0 Å². The van der Waals surface area contributed by atoms with Crippen molar-refractivity contribution >= 4 is 33.1 Å². The van der Waals surface area contributed by atoms with Crippen molar-refractivity contribution in [2.45, 2.75) is 13.8 Å². The summed E-state index contributed by atoms with van der Waals surface area (Å²) in [4.78, 5) is 20.9. The van der Waals surface area contributed by atoms with Crippen LogP contribution in [0.15, 0.2) is 218 Å². The van der Waals surface area contributed by atoms with Gasteiger partial charge in [-0.1, -0.05) is 170 Å². The Morgan fingerprint density at radius 2 is 0.576 bits per heavy atom. The van der Waals surface area contributed by atoms with Gasteiger partial charge in [-0.2, -0.15) is 0 Å². The zero-order valence-corrected chi connectivity index (χ0v) is 36.5. The summed E-state index contributed by atoms with van der Waals surface area (Å²) in [5, 5.41) is 0. The Morgan fingerprint density at radius 1 is 0.273 bits per heavy atom. The van der Waals surface area contributed by atoms with Gasteiger partial charge in [-0.25, -0.2) is 19.9 Å². The molecular formula is C60H42N6. The highest BCUT2D eigenvalue weighted by molar-refractivity contribution is 5.91. The monoisotopic (exact) mass is 846 g/mol. The average molecular weight is 847 g/mol. The van der Waals surface area contributed by atoms with Gasteiger partial charge in [-0.15, -0.1) is 0 Å². The van der Waals surface area contributed by atoms with Gasteiger partial charge in [0, 0.05) is 33.6 Å². The summed E-state index contributed by atoms with van der Waals surface area (Å²) in [6.07, 6.45) is 0. The van der Waals surface area contributed by atoms with Crippen LogP contribution in [0.4, 0.5) is 0 Å². The van der Waals surface area contributed by atoms with Crippen LogP contribution < -0.4 is 0 Å². The smallest absolute Gasteiger partial charge is 0.145 e. The van der Waals surface area contributed by atoms with Crippen LogP contribution in [0.1, 0.15) is 11.1 Å². The standard InChI is InChI=1S/C60H42N6/c1-39-21-22-40(2)56-55(39)63-57(45-31-23-41(24-32-45)43-27-35-47(36-28-43)59-61-51-17-9-11-19-53(51)65(59)49-13-5-3-6-14-49)58(64-56)46-33-25-42(26-34-46)44-29-37-48(38-30-44)60-62-52-18-10-12-20-54(52)66(60)50-15-7-4-8-16-50/h3-38H,1-2H3. The molecule has 0 N–H and O–H groups in total. The van der Waals surface area contributed by atoms with Crippen molar-refractivity contribution in [1.29, 1.82) is 0 Å². The topological polar surface area (TPSA) is 61.4 Å². The van der Waals surface area contributed by atoms with E-state index in [0.717, 1.165) is 123 Å². The first kappa shape index (κ1) is 38.9. The Kier molecular flexibility index (Phi) is 9.50. The minimum absolute atomic E-state index is 0.858. The van der Waals surface area contributed by atoms with E-state index in [4.69, 9.17) is 19.9 Å². The zero-order chi connectivity index (χ0) is 44.1. The van der Waals surface area contributed by atoms with Crippen LogP contribution in [0.2, 0.25) is 0 Å². The molecule has 3 aromatic heterocycles. The average Bonchev–Trinajstić information content (AvgIpc) is 3.98. The van der Waals surface area contributed by atoms with Crippen LogP contribution >= 0.6 is 0 Å². The van der Waals surface area contributed by atoms with E-state index in [1.54, 1.807) is 0 Å². The molecule has 0 spiro atoms. The van der Waals surface area contributed by atoms with E-state index in [0.29, 0.717) is 0 Å². The largest absolute Gasteiger partial charge is 0.292 e. The van der Waals surface area contributed by atoms with E-state index in [-0.39, 0.29) is 0 Å². The molecule has 0 radical (unpaired) electrons. The van der Waals surface area contributed by atoms with E-state index in [1.807, 2.05) is 24.3 Å². The van der Waals surface area contributed by atoms with Crippen molar-refractivity contribution in [2.75, 3.05) is 0 Å². The molecule has 0 aliphatic heterocycles. The number of aromatic nitrogens is 6. The molecule has 66 heavy (non-hydrogen) atoms. The number of nitrogens with zero attached hydrogens (tertiary/aromatic N) is 6. The molecule has 9 aromatic carbocycles. The van der Waals surface area contributed by atoms with E-state index in [2.05, 4.69) is 217 Å². The number of hydrogen-bond donors (Lipinski definition) is 0. The number of hydrogen-bond acceptors (Lipinski definition) is 4. The second kappa shape index (κ2) is 16.1. The Balaban J connectivity index is 0.860. The summed E-state index contributed by atoms with van der Waals surface area (Å²) in [5.74, 6) is 1.83. The van der Waals surface area contributed by atoms with Crippen LogP contribution in [0.5, 0.6) is 0 Å². The van der Waals surface area contributed by atoms with Crippen LogP contribution in [-0.4, -0.2) is 29.1 Å². The lowest BCUT2D eigenvalue weighted by Crippen LogP contribution is -1.98. The van der Waals surface area contributed by atoms with Crippen LogP contribution in [0.25, 0.3) is 112 Å². The van der Waals surface area contributed by atoms with Crippen molar-refractivity contribution in [3.8, 4) is 78.9 Å². The minimum Gasteiger partial charge on any atom is -0.292 e. The maximum absolute atomic E-state index is 5.36. The van der Waals surface area contributed by atoms with Gasteiger partial charge < -0.3 is 0 Å². The Morgan fingerprint density at radius 3 is 0.939 bits per heavy atom. The van der Waals surface area contributed by atoms with Crippen LogP contribution in [0, 0.1) is 13.8 Å². The summed E-state index contributed by atoms with van der Waals surface area (Å²) in [7, 11) is 0. The lowest BCUT2D eigenvalue weighted by atomic mass is 9.97. The summed E-state index contributed by atoms with van der Waals surface area (Å²) >= 11 is 0. The molecule has 3 heterocycles. The SMILES string of the molecule is Cc1ccc(C)c2nc(-c3ccc(-c4ccc(-c5nc6ccccc6n5-c5ccccc5)cc4)cc3)c(-c3ccc(-c4ccc(-c5nc6ccccc6n5-c5ccccc5)cc4)cc3)nc12. The van der Waals surface area contributed by atoms with Gasteiger partial charge >= 0.3 is 0 Å². The van der Waals surface area contributed by atoms with E-state index in [9.17, 15) is 0 Å². The van der Waals surface area contributed by atoms with Crippen molar-refractivity contribution in [3.63, 3.8) is 0 Å². The number of rotatable bonds is 8. The fourth-order valence-electron chi connectivity index (χ4n) is 9.18. The van der Waals surface area contributed by atoms with Gasteiger partial charge in [0.15, 0.2) is 0 Å². The van der Waals surface area contributed by atoms with Gasteiger partial charge in [-0.05, 0) is 95.8 Å². The number of aryl methyl sites for hydroxylation is 2. The molecule has 0 aliphatic rings. The highest BCUT2D eigenvalue weighted by Gasteiger charge is 2.19. The maximum atomic E-state index is 5.36. The van der Waals surface area contributed by atoms with Crippen molar-refractivity contribution in [2.24, 2.45) is 0 Å². The highest BCUT2D eigenvalue weighted by Crippen LogP contribution is 2.37. The molecule has 0 amide bonds. The number of benzene rings is 9. The third kappa shape index (κ3) is 6.84. The lowest BCUT2D eigenvalue weighted by molar-refractivity contribution is 1.10. The normalized spacial score (nSPS) is 11.5. The molecule has 0 saturated heterocycles. The first-order valence-corrected chi connectivity index (χ1v) is 22.3. The number of para-hydroxylation sites is 6. The summed E-state index contributed by atoms with van der Waals surface area (Å²) < 4.78 is 4.47. The molecule has 312 valence electrons. The predicted octanol–water partition coefficient (Wildman–Crippen LogP) is 14.9. The summed E-state index contributed by atoms with van der Waals surface area (Å²) in [6.45, 7) is 4.22. The molecule has 0 atom stereocenters. The maximum Gasteiger partial charge on any atom is 0.145 e. The van der Waals surface area contributed by atoms with E-state index >= 15 is 0 Å². The quantitative estimate of drug-likeness (QED) is 0.153. The van der Waals surface area contributed by atoms with E-state index < -0.39 is 0 Å². The Bertz CT molecular complexity index is 3470. The zero-order valence-electron chi connectivity index (χ0n) is 36.5.